The van der Waals surface area contributed by atoms with Gasteiger partial charge in [-0.05, 0) is 72.5 Å². The zero-order valence-electron chi connectivity index (χ0n) is 16.1. The van der Waals surface area contributed by atoms with Gasteiger partial charge in [-0.2, -0.15) is 0 Å². The highest BCUT2D eigenvalue weighted by Crippen LogP contribution is 2.32. The van der Waals surface area contributed by atoms with Crippen LogP contribution < -0.4 is 14.4 Å². The smallest absolute Gasteiger partial charge is 0.261 e. The number of hydrogen-bond acceptors (Lipinski definition) is 5. The molecule has 6 nitrogen and oxygen atoms in total. The van der Waals surface area contributed by atoms with Crippen LogP contribution in [0.25, 0.3) is 0 Å². The summed E-state index contributed by atoms with van der Waals surface area (Å²) in [4.78, 5) is 4.66. The number of likely N-dealkylation sites (N-methyl/N-ethyl adjacent to an activating group) is 1. The molecule has 28 heavy (non-hydrogen) atoms. The van der Waals surface area contributed by atoms with Crippen molar-refractivity contribution in [2.24, 2.45) is 0 Å². The molecule has 9 heteroatoms. The van der Waals surface area contributed by atoms with Crippen LogP contribution in [0.15, 0.2) is 41.3 Å². The van der Waals surface area contributed by atoms with E-state index in [9.17, 15) is 8.42 Å². The maximum atomic E-state index is 12.9. The van der Waals surface area contributed by atoms with E-state index in [1.807, 2.05) is 19.1 Å². The fraction of sp³-hybridized carbons (Fsp3) is 0.368. The Labute approximate surface area is 186 Å². The Kier molecular flexibility index (Phi) is 7.83. The monoisotopic (exact) mass is 537 g/mol. The summed E-state index contributed by atoms with van der Waals surface area (Å²) in [5.41, 5.74) is 2.48. The second kappa shape index (κ2) is 9.51. The molecule has 0 radical (unpaired) electrons. The van der Waals surface area contributed by atoms with E-state index in [0.717, 1.165) is 41.0 Å². The number of hydrogen-bond donors (Lipinski definition) is 1. The highest BCUT2D eigenvalue weighted by atomic mass is 127. The normalized spacial score (nSPS) is 15.1. The summed E-state index contributed by atoms with van der Waals surface area (Å²) in [5.74, 6) is 0.684. The molecule has 0 amide bonds. The summed E-state index contributed by atoms with van der Waals surface area (Å²) in [6, 6.07) is 10.5. The fourth-order valence-electron chi connectivity index (χ4n) is 3.00. The zero-order valence-corrected chi connectivity index (χ0v) is 19.9. The summed E-state index contributed by atoms with van der Waals surface area (Å²) in [6.45, 7) is 5.52. The highest BCUT2D eigenvalue weighted by molar-refractivity contribution is 14.1. The highest BCUT2D eigenvalue weighted by Gasteiger charge is 2.22. The van der Waals surface area contributed by atoms with Crippen LogP contribution >= 0.6 is 35.0 Å². The molecule has 1 saturated heterocycles. The largest absolute Gasteiger partial charge is 0.495 e. The first-order valence-corrected chi connectivity index (χ1v) is 11.3. The third-order valence-corrected chi connectivity index (χ3v) is 7.27. The summed E-state index contributed by atoms with van der Waals surface area (Å²) in [6.07, 6.45) is 0. The zero-order chi connectivity index (χ0) is 19.6. The van der Waals surface area contributed by atoms with Gasteiger partial charge in [0.2, 0.25) is 0 Å². The predicted molar refractivity (Wildman–Crippen MR) is 125 cm³/mol. The van der Waals surface area contributed by atoms with Gasteiger partial charge in [-0.15, -0.1) is 12.4 Å². The quantitative estimate of drug-likeness (QED) is 0.591. The average Bonchev–Trinajstić information content (AvgIpc) is 2.64. The minimum atomic E-state index is -3.69. The molecule has 0 aliphatic carbocycles. The Morgan fingerprint density at radius 3 is 2.36 bits per heavy atom. The number of ether oxygens (including phenoxy) is 1. The van der Waals surface area contributed by atoms with E-state index in [2.05, 4.69) is 44.2 Å². The summed E-state index contributed by atoms with van der Waals surface area (Å²) >= 11 is 2.20. The number of methoxy groups -OCH3 is 1. The van der Waals surface area contributed by atoms with Crippen LogP contribution in [0.4, 0.5) is 11.4 Å². The Balaban J connectivity index is 0.00000280. The van der Waals surface area contributed by atoms with Gasteiger partial charge in [-0.25, -0.2) is 8.42 Å². The number of rotatable bonds is 5. The lowest BCUT2D eigenvalue weighted by Gasteiger charge is -2.34. The number of halogens is 2. The molecule has 154 valence electrons. The molecule has 1 N–H and O–H groups in total. The van der Waals surface area contributed by atoms with Crippen molar-refractivity contribution in [2.45, 2.75) is 11.8 Å². The van der Waals surface area contributed by atoms with E-state index in [-0.39, 0.29) is 17.3 Å². The lowest BCUT2D eigenvalue weighted by Crippen LogP contribution is -2.44. The molecule has 2 aromatic rings. The van der Waals surface area contributed by atoms with Gasteiger partial charge >= 0.3 is 0 Å². The van der Waals surface area contributed by atoms with Gasteiger partial charge in [-0.3, -0.25) is 4.72 Å². The number of nitrogens with zero attached hydrogens (tertiary/aromatic N) is 2. The van der Waals surface area contributed by atoms with Crippen molar-refractivity contribution in [1.82, 2.24) is 4.90 Å². The second-order valence-electron chi connectivity index (χ2n) is 6.69. The molecule has 1 fully saturated rings. The summed E-state index contributed by atoms with van der Waals surface area (Å²) in [7, 11) is 0.00652. The minimum Gasteiger partial charge on any atom is -0.495 e. The molecule has 0 atom stereocenters. The van der Waals surface area contributed by atoms with Crippen LogP contribution in [-0.2, 0) is 10.0 Å². The number of aryl methyl sites for hydroxylation is 1. The van der Waals surface area contributed by atoms with Crippen LogP contribution in [0, 0.1) is 10.5 Å². The van der Waals surface area contributed by atoms with Crippen LogP contribution in [0.2, 0.25) is 0 Å². The predicted octanol–water partition coefficient (Wildman–Crippen LogP) is 3.58. The van der Waals surface area contributed by atoms with Crippen LogP contribution in [-0.4, -0.2) is 53.7 Å². The summed E-state index contributed by atoms with van der Waals surface area (Å²) < 4.78 is 35.0. The summed E-state index contributed by atoms with van der Waals surface area (Å²) in [5, 5.41) is 0. The molecular weight excluding hydrogens is 513 g/mol. The van der Waals surface area contributed by atoms with E-state index in [1.54, 1.807) is 31.4 Å². The molecule has 0 saturated carbocycles. The van der Waals surface area contributed by atoms with Gasteiger partial charge in [0.15, 0.2) is 0 Å². The molecule has 3 rings (SSSR count). The SMILES string of the molecule is COc1ccc(S(=O)(=O)Nc2ccc(C)c(I)c2)cc1N1CCN(C)CC1.Cl. The minimum absolute atomic E-state index is 0. The van der Waals surface area contributed by atoms with E-state index >= 15 is 0 Å². The molecular formula is C19H25ClIN3O3S. The van der Waals surface area contributed by atoms with Gasteiger partial charge in [-0.1, -0.05) is 6.07 Å². The Morgan fingerprint density at radius 1 is 1.07 bits per heavy atom. The molecule has 0 spiro atoms. The number of anilines is 2. The number of piperazine rings is 1. The van der Waals surface area contributed by atoms with E-state index in [4.69, 9.17) is 4.74 Å². The third-order valence-electron chi connectivity index (χ3n) is 4.73. The first-order chi connectivity index (χ1) is 12.8. The molecule has 1 aliphatic heterocycles. The molecule has 0 unspecified atom stereocenters. The third kappa shape index (κ3) is 5.22. The molecule has 1 heterocycles. The van der Waals surface area contributed by atoms with Crippen molar-refractivity contribution in [2.75, 3.05) is 50.0 Å². The first-order valence-electron chi connectivity index (χ1n) is 8.70. The molecule has 0 bridgehead atoms. The number of benzene rings is 2. The maximum absolute atomic E-state index is 12.9. The molecule has 0 aromatic heterocycles. The van der Waals surface area contributed by atoms with Crippen molar-refractivity contribution in [3.63, 3.8) is 0 Å². The van der Waals surface area contributed by atoms with Gasteiger partial charge in [0.1, 0.15) is 5.75 Å². The van der Waals surface area contributed by atoms with Crippen molar-refractivity contribution < 1.29 is 13.2 Å². The van der Waals surface area contributed by atoms with E-state index in [1.165, 1.54) is 0 Å². The lowest BCUT2D eigenvalue weighted by atomic mass is 10.2. The Morgan fingerprint density at radius 2 is 1.75 bits per heavy atom. The first kappa shape index (κ1) is 23.1. The van der Waals surface area contributed by atoms with Crippen LogP contribution in [0.5, 0.6) is 5.75 Å². The second-order valence-corrected chi connectivity index (χ2v) is 9.54. The van der Waals surface area contributed by atoms with E-state index in [0.29, 0.717) is 11.4 Å². The van der Waals surface area contributed by atoms with Crippen molar-refractivity contribution >= 4 is 56.4 Å². The maximum Gasteiger partial charge on any atom is 0.261 e. The van der Waals surface area contributed by atoms with Crippen molar-refractivity contribution in [3.05, 3.63) is 45.5 Å². The standard InChI is InChI=1S/C19H24IN3O3S.ClH/c1-14-4-5-15(12-17(14)20)21-27(24,25)16-6-7-19(26-3)18(13-16)23-10-8-22(2)9-11-23;/h4-7,12-13,21H,8-11H2,1-3H3;1H. The van der Waals surface area contributed by atoms with Gasteiger partial charge in [0.25, 0.3) is 10.0 Å². The molecule has 1 aliphatic rings. The Hall–Kier alpha value is -1.23. The van der Waals surface area contributed by atoms with Crippen LogP contribution in [0.1, 0.15) is 5.56 Å². The Bertz CT molecular complexity index is 932. The fourth-order valence-corrected chi connectivity index (χ4v) is 4.59. The average molecular weight is 538 g/mol. The number of nitrogens with one attached hydrogen (secondary N) is 1. The van der Waals surface area contributed by atoms with Crippen molar-refractivity contribution in [3.8, 4) is 5.75 Å². The lowest BCUT2D eigenvalue weighted by molar-refractivity contribution is 0.311. The van der Waals surface area contributed by atoms with Gasteiger partial charge < -0.3 is 14.5 Å². The number of sulfonamides is 1. The molecule has 2 aromatic carbocycles. The van der Waals surface area contributed by atoms with Crippen molar-refractivity contribution in [1.29, 1.82) is 0 Å². The van der Waals surface area contributed by atoms with E-state index < -0.39 is 10.0 Å². The van der Waals surface area contributed by atoms with Gasteiger partial charge in [0, 0.05) is 35.4 Å². The van der Waals surface area contributed by atoms with Crippen LogP contribution in [0.3, 0.4) is 0 Å². The topological polar surface area (TPSA) is 61.9 Å². The van der Waals surface area contributed by atoms with Gasteiger partial charge in [0.05, 0.1) is 17.7 Å².